The molecule has 7 nitrogen and oxygen atoms in total. The van der Waals surface area contributed by atoms with Crippen molar-refractivity contribution in [3.63, 3.8) is 0 Å². The Morgan fingerprint density at radius 1 is 1.07 bits per heavy atom. The molecule has 2 saturated heterocycles. The minimum atomic E-state index is -3.34. The maximum absolute atomic E-state index is 12.8. The highest BCUT2D eigenvalue weighted by atomic mass is 32.2. The van der Waals surface area contributed by atoms with Gasteiger partial charge >= 0.3 is 0 Å². The average molecular weight is 436 g/mol. The zero-order valence-corrected chi connectivity index (χ0v) is 18.5. The van der Waals surface area contributed by atoms with Crippen LogP contribution < -0.4 is 9.62 Å². The van der Waals surface area contributed by atoms with Crippen molar-refractivity contribution in [2.24, 2.45) is 5.92 Å². The van der Waals surface area contributed by atoms with Crippen LogP contribution >= 0.6 is 0 Å². The smallest absolute Gasteiger partial charge is 0.226 e. The number of nitrogens with one attached hydrogen (secondary N) is 1. The van der Waals surface area contributed by atoms with Gasteiger partial charge in [0, 0.05) is 37.3 Å². The molecule has 2 aliphatic heterocycles. The molecule has 0 aromatic heterocycles. The molecule has 2 unspecified atom stereocenters. The van der Waals surface area contributed by atoms with Gasteiger partial charge in [0.15, 0.2) is 0 Å². The Labute approximate surface area is 179 Å². The molecule has 3 fully saturated rings. The molecule has 1 saturated carbocycles. The molecule has 30 heavy (non-hydrogen) atoms. The van der Waals surface area contributed by atoms with Gasteiger partial charge in [0.05, 0.1) is 25.0 Å². The average Bonchev–Trinajstić information content (AvgIpc) is 3.57. The summed E-state index contributed by atoms with van der Waals surface area (Å²) in [5.41, 5.74) is 1.24. The molecule has 0 radical (unpaired) electrons. The first-order valence-electron chi connectivity index (χ1n) is 11.1. The van der Waals surface area contributed by atoms with Crippen LogP contribution in [0.4, 0.5) is 5.69 Å². The third-order valence-electron chi connectivity index (χ3n) is 6.42. The minimum absolute atomic E-state index is 0.124. The topological polar surface area (TPSA) is 79.0 Å². The van der Waals surface area contributed by atoms with Crippen LogP contribution in [0.15, 0.2) is 30.3 Å². The number of carbonyl (C=O) groups excluding carboxylic acids is 1. The number of para-hydroxylation sites is 1. The van der Waals surface area contributed by atoms with E-state index in [1.807, 2.05) is 11.0 Å². The van der Waals surface area contributed by atoms with Crippen LogP contribution in [-0.4, -0.2) is 69.9 Å². The molecule has 0 bridgehead atoms. The molecule has 1 N–H and O–H groups in total. The largest absolute Gasteiger partial charge is 0.376 e. The van der Waals surface area contributed by atoms with Gasteiger partial charge in [0.25, 0.3) is 0 Å². The fraction of sp³-hybridized carbons (Fsp3) is 0.682. The van der Waals surface area contributed by atoms with Crippen LogP contribution in [0.25, 0.3) is 0 Å². The third kappa shape index (κ3) is 5.53. The lowest BCUT2D eigenvalue weighted by atomic mass is 9.96. The van der Waals surface area contributed by atoms with Gasteiger partial charge in [0.2, 0.25) is 15.9 Å². The van der Waals surface area contributed by atoms with Crippen molar-refractivity contribution < 1.29 is 17.9 Å². The van der Waals surface area contributed by atoms with Crippen molar-refractivity contribution in [3.05, 3.63) is 30.3 Å². The van der Waals surface area contributed by atoms with Crippen molar-refractivity contribution in [1.82, 2.24) is 9.62 Å². The van der Waals surface area contributed by atoms with E-state index >= 15 is 0 Å². The van der Waals surface area contributed by atoms with Crippen LogP contribution in [0.5, 0.6) is 0 Å². The first kappa shape index (κ1) is 21.6. The van der Waals surface area contributed by atoms with Crippen LogP contribution in [0.3, 0.4) is 0 Å². The monoisotopic (exact) mass is 435 g/mol. The number of piperidine rings is 2. The van der Waals surface area contributed by atoms with E-state index in [9.17, 15) is 13.2 Å². The standard InChI is InChI=1S/C22H33N3O4S/c1-30(27,28)23-20-8-5-13-25(22(26)17-9-10-17)21(20)16-29-19-11-14-24(15-12-19)18-6-3-2-4-7-18/h2-4,6-7,17,19-21,23H,5,8-16H2,1H3. The number of likely N-dealkylation sites (tertiary alicyclic amines) is 1. The summed E-state index contributed by atoms with van der Waals surface area (Å²) in [7, 11) is -3.34. The van der Waals surface area contributed by atoms with Crippen molar-refractivity contribution in [2.45, 2.75) is 56.7 Å². The number of benzene rings is 1. The van der Waals surface area contributed by atoms with Crippen LogP contribution in [0, 0.1) is 5.92 Å². The van der Waals surface area contributed by atoms with Crippen LogP contribution in [-0.2, 0) is 19.6 Å². The third-order valence-corrected chi connectivity index (χ3v) is 7.15. The molecule has 2 atom stereocenters. The van der Waals surface area contributed by atoms with Crippen molar-refractivity contribution in [2.75, 3.05) is 37.4 Å². The summed E-state index contributed by atoms with van der Waals surface area (Å²) in [6.07, 6.45) is 6.65. The number of hydrogen-bond acceptors (Lipinski definition) is 5. The Bertz CT molecular complexity index is 820. The number of anilines is 1. The summed E-state index contributed by atoms with van der Waals surface area (Å²) in [6, 6.07) is 9.90. The highest BCUT2D eigenvalue weighted by molar-refractivity contribution is 7.88. The lowest BCUT2D eigenvalue weighted by molar-refractivity contribution is -0.139. The van der Waals surface area contributed by atoms with E-state index in [1.54, 1.807) is 0 Å². The molecule has 4 rings (SSSR count). The van der Waals surface area contributed by atoms with E-state index in [0.717, 1.165) is 51.6 Å². The summed E-state index contributed by atoms with van der Waals surface area (Å²) in [4.78, 5) is 17.1. The van der Waals surface area contributed by atoms with Crippen molar-refractivity contribution in [3.8, 4) is 0 Å². The van der Waals surface area contributed by atoms with Crippen molar-refractivity contribution >= 4 is 21.6 Å². The normalized spacial score (nSPS) is 26.0. The first-order valence-corrected chi connectivity index (χ1v) is 13.0. The van der Waals surface area contributed by atoms with E-state index in [2.05, 4.69) is 33.9 Å². The van der Waals surface area contributed by atoms with Gasteiger partial charge in [-0.15, -0.1) is 0 Å². The van der Waals surface area contributed by atoms with Gasteiger partial charge < -0.3 is 14.5 Å². The number of rotatable bonds is 7. The predicted octanol–water partition coefficient (Wildman–Crippen LogP) is 1.99. The molecule has 1 amide bonds. The molecule has 2 heterocycles. The van der Waals surface area contributed by atoms with E-state index in [-0.39, 0.29) is 30.0 Å². The highest BCUT2D eigenvalue weighted by Gasteiger charge is 2.41. The number of ether oxygens (including phenoxy) is 1. The maximum atomic E-state index is 12.8. The molecule has 0 spiro atoms. The van der Waals surface area contributed by atoms with E-state index < -0.39 is 10.0 Å². The predicted molar refractivity (Wildman–Crippen MR) is 117 cm³/mol. The van der Waals surface area contributed by atoms with Gasteiger partial charge in [-0.3, -0.25) is 4.79 Å². The Kier molecular flexibility index (Phi) is 6.65. The van der Waals surface area contributed by atoms with Gasteiger partial charge in [-0.2, -0.15) is 0 Å². The number of nitrogens with zero attached hydrogens (tertiary/aromatic N) is 2. The Morgan fingerprint density at radius 3 is 2.40 bits per heavy atom. The van der Waals surface area contributed by atoms with E-state index in [0.29, 0.717) is 13.2 Å². The van der Waals surface area contributed by atoms with Gasteiger partial charge in [-0.1, -0.05) is 18.2 Å². The number of sulfonamides is 1. The van der Waals surface area contributed by atoms with E-state index in [4.69, 9.17) is 4.74 Å². The summed E-state index contributed by atoms with van der Waals surface area (Å²) < 4.78 is 32.8. The molecule has 1 aromatic rings. The number of amides is 1. The molecule has 166 valence electrons. The lowest BCUT2D eigenvalue weighted by Crippen LogP contribution is -2.59. The minimum Gasteiger partial charge on any atom is -0.376 e. The van der Waals surface area contributed by atoms with Crippen LogP contribution in [0.1, 0.15) is 38.5 Å². The molecule has 1 aliphatic carbocycles. The molecular weight excluding hydrogens is 402 g/mol. The molecule has 3 aliphatic rings. The quantitative estimate of drug-likeness (QED) is 0.709. The zero-order valence-electron chi connectivity index (χ0n) is 17.7. The summed E-state index contributed by atoms with van der Waals surface area (Å²) in [6.45, 7) is 2.96. The fourth-order valence-corrected chi connectivity index (χ4v) is 5.49. The second-order valence-electron chi connectivity index (χ2n) is 8.87. The summed E-state index contributed by atoms with van der Waals surface area (Å²) >= 11 is 0. The van der Waals surface area contributed by atoms with Crippen LogP contribution in [0.2, 0.25) is 0 Å². The first-order chi connectivity index (χ1) is 14.4. The highest BCUT2D eigenvalue weighted by Crippen LogP contribution is 2.34. The summed E-state index contributed by atoms with van der Waals surface area (Å²) in [5.74, 6) is 0.293. The number of carbonyl (C=O) groups is 1. The van der Waals surface area contributed by atoms with Gasteiger partial charge in [-0.05, 0) is 50.7 Å². The maximum Gasteiger partial charge on any atom is 0.226 e. The Morgan fingerprint density at radius 2 is 1.77 bits per heavy atom. The van der Waals surface area contributed by atoms with Gasteiger partial charge in [-0.25, -0.2) is 13.1 Å². The number of hydrogen-bond donors (Lipinski definition) is 1. The second kappa shape index (κ2) is 9.24. The summed E-state index contributed by atoms with van der Waals surface area (Å²) in [5, 5.41) is 0. The van der Waals surface area contributed by atoms with E-state index in [1.165, 1.54) is 11.9 Å². The lowest BCUT2D eigenvalue weighted by Gasteiger charge is -2.42. The molecule has 8 heteroatoms. The van der Waals surface area contributed by atoms with Crippen molar-refractivity contribution in [1.29, 1.82) is 0 Å². The Hall–Kier alpha value is -1.64. The zero-order chi connectivity index (χ0) is 21.1. The SMILES string of the molecule is CS(=O)(=O)NC1CCCN(C(=O)C2CC2)C1COC1CCN(c2ccccc2)CC1. The molecule has 1 aromatic carbocycles. The molecular formula is C22H33N3O4S. The second-order valence-corrected chi connectivity index (χ2v) is 10.6. The van der Waals surface area contributed by atoms with Gasteiger partial charge in [0.1, 0.15) is 0 Å². The Balaban J connectivity index is 1.36. The fourth-order valence-electron chi connectivity index (χ4n) is 4.67.